The van der Waals surface area contributed by atoms with Gasteiger partial charge in [-0.15, -0.1) is 0 Å². The molecule has 0 heterocycles. The maximum absolute atomic E-state index is 11.9. The van der Waals surface area contributed by atoms with E-state index in [1.807, 2.05) is 0 Å². The van der Waals surface area contributed by atoms with Crippen LogP contribution in [0.2, 0.25) is 0 Å². The summed E-state index contributed by atoms with van der Waals surface area (Å²) in [6.07, 6.45) is 0. The van der Waals surface area contributed by atoms with Gasteiger partial charge in [0.25, 0.3) is 5.91 Å². The van der Waals surface area contributed by atoms with Crippen molar-refractivity contribution in [2.75, 3.05) is 31.7 Å². The SMILES string of the molecule is CN(C)C(=O)c1ccc(N)cc1NCC(N)=O. The van der Waals surface area contributed by atoms with E-state index in [9.17, 15) is 9.59 Å². The van der Waals surface area contributed by atoms with Crippen LogP contribution in [0.1, 0.15) is 10.4 Å². The first-order valence-electron chi connectivity index (χ1n) is 5.05. The number of anilines is 2. The van der Waals surface area contributed by atoms with Gasteiger partial charge in [0.2, 0.25) is 5.91 Å². The molecule has 0 unspecified atom stereocenters. The molecule has 2 amide bonds. The third kappa shape index (κ3) is 3.37. The first kappa shape index (κ1) is 12.8. The Morgan fingerprint density at radius 3 is 2.53 bits per heavy atom. The Morgan fingerprint density at radius 1 is 1.35 bits per heavy atom. The number of primary amides is 1. The molecule has 0 saturated carbocycles. The van der Waals surface area contributed by atoms with Crippen LogP contribution in [0.25, 0.3) is 0 Å². The summed E-state index contributed by atoms with van der Waals surface area (Å²) in [7, 11) is 3.30. The van der Waals surface area contributed by atoms with Crippen molar-refractivity contribution in [2.45, 2.75) is 0 Å². The summed E-state index contributed by atoms with van der Waals surface area (Å²) < 4.78 is 0. The average Bonchev–Trinajstić information content (AvgIpc) is 2.25. The fourth-order valence-electron chi connectivity index (χ4n) is 1.32. The van der Waals surface area contributed by atoms with E-state index >= 15 is 0 Å². The molecule has 0 aromatic heterocycles. The number of nitrogens with zero attached hydrogens (tertiary/aromatic N) is 1. The second-order valence-corrected chi connectivity index (χ2v) is 3.82. The summed E-state index contributed by atoms with van der Waals surface area (Å²) in [6, 6.07) is 4.84. The number of rotatable bonds is 4. The molecule has 0 aliphatic heterocycles. The van der Waals surface area contributed by atoms with Crippen LogP contribution < -0.4 is 16.8 Å². The molecule has 0 atom stereocenters. The van der Waals surface area contributed by atoms with E-state index in [2.05, 4.69) is 5.32 Å². The average molecular weight is 236 g/mol. The lowest BCUT2D eigenvalue weighted by Gasteiger charge is -2.15. The molecule has 0 aliphatic carbocycles. The van der Waals surface area contributed by atoms with Crippen molar-refractivity contribution < 1.29 is 9.59 Å². The summed E-state index contributed by atoms with van der Waals surface area (Å²) in [5, 5.41) is 2.79. The van der Waals surface area contributed by atoms with Gasteiger partial charge in [-0.25, -0.2) is 0 Å². The van der Waals surface area contributed by atoms with Gasteiger partial charge >= 0.3 is 0 Å². The molecule has 6 heteroatoms. The maximum atomic E-state index is 11.9. The highest BCUT2D eigenvalue weighted by Crippen LogP contribution is 2.20. The zero-order valence-corrected chi connectivity index (χ0v) is 9.86. The number of nitrogens with two attached hydrogens (primary N) is 2. The lowest BCUT2D eigenvalue weighted by Crippen LogP contribution is -2.26. The second-order valence-electron chi connectivity index (χ2n) is 3.82. The molecule has 1 aromatic carbocycles. The molecule has 6 nitrogen and oxygen atoms in total. The number of benzene rings is 1. The summed E-state index contributed by atoms with van der Waals surface area (Å²) >= 11 is 0. The quantitative estimate of drug-likeness (QED) is 0.634. The third-order valence-electron chi connectivity index (χ3n) is 2.13. The third-order valence-corrected chi connectivity index (χ3v) is 2.13. The van der Waals surface area contributed by atoms with Gasteiger partial charge in [0, 0.05) is 25.5 Å². The van der Waals surface area contributed by atoms with Crippen LogP contribution in [0, 0.1) is 0 Å². The van der Waals surface area contributed by atoms with Crippen LogP contribution in [0.5, 0.6) is 0 Å². The van der Waals surface area contributed by atoms with Crippen LogP contribution in [-0.4, -0.2) is 37.4 Å². The molecular formula is C11H16N4O2. The molecular weight excluding hydrogens is 220 g/mol. The molecule has 1 aromatic rings. The van der Waals surface area contributed by atoms with E-state index in [1.165, 1.54) is 4.90 Å². The number of amides is 2. The molecule has 0 fully saturated rings. The smallest absolute Gasteiger partial charge is 0.255 e. The van der Waals surface area contributed by atoms with Gasteiger partial charge in [0.1, 0.15) is 0 Å². The monoisotopic (exact) mass is 236 g/mol. The molecule has 5 N–H and O–H groups in total. The highest BCUT2D eigenvalue weighted by atomic mass is 16.2. The fraction of sp³-hybridized carbons (Fsp3) is 0.273. The highest BCUT2D eigenvalue weighted by molar-refractivity contribution is 6.00. The van der Waals surface area contributed by atoms with Crippen molar-refractivity contribution in [2.24, 2.45) is 5.73 Å². The van der Waals surface area contributed by atoms with Gasteiger partial charge in [-0.3, -0.25) is 9.59 Å². The van der Waals surface area contributed by atoms with Crippen LogP contribution >= 0.6 is 0 Å². The van der Waals surface area contributed by atoms with Crippen LogP contribution in [0.4, 0.5) is 11.4 Å². The van der Waals surface area contributed by atoms with Crippen molar-refractivity contribution in [1.29, 1.82) is 0 Å². The Hall–Kier alpha value is -2.24. The summed E-state index contributed by atoms with van der Waals surface area (Å²) in [5.41, 5.74) is 12.1. The predicted octanol–water partition coefficient (Wildman–Crippen LogP) is -0.132. The lowest BCUT2D eigenvalue weighted by molar-refractivity contribution is -0.116. The minimum absolute atomic E-state index is 0.0445. The van der Waals surface area contributed by atoms with Gasteiger partial charge in [-0.05, 0) is 18.2 Å². The minimum atomic E-state index is -0.504. The van der Waals surface area contributed by atoms with Gasteiger partial charge in [0.15, 0.2) is 0 Å². The van der Waals surface area contributed by atoms with Crippen molar-refractivity contribution in [3.05, 3.63) is 23.8 Å². The Bertz CT molecular complexity index is 443. The minimum Gasteiger partial charge on any atom is -0.399 e. The Labute approximate surface area is 99.6 Å². The van der Waals surface area contributed by atoms with Crippen LogP contribution in [0.15, 0.2) is 18.2 Å². The number of hydrogen-bond acceptors (Lipinski definition) is 4. The zero-order valence-electron chi connectivity index (χ0n) is 9.86. The molecule has 1 rings (SSSR count). The highest BCUT2D eigenvalue weighted by Gasteiger charge is 2.13. The molecule has 17 heavy (non-hydrogen) atoms. The maximum Gasteiger partial charge on any atom is 0.255 e. The molecule has 92 valence electrons. The lowest BCUT2D eigenvalue weighted by atomic mass is 10.1. The van der Waals surface area contributed by atoms with Gasteiger partial charge < -0.3 is 21.7 Å². The Balaban J connectivity index is 3.03. The topological polar surface area (TPSA) is 101 Å². The van der Waals surface area contributed by atoms with E-state index < -0.39 is 5.91 Å². The van der Waals surface area contributed by atoms with Gasteiger partial charge in [0.05, 0.1) is 12.1 Å². The Kier molecular flexibility index (Phi) is 3.92. The normalized spacial score (nSPS) is 9.76. The standard InChI is InChI=1S/C11H16N4O2/c1-15(2)11(17)8-4-3-7(12)5-9(8)14-6-10(13)16/h3-5,14H,6,12H2,1-2H3,(H2,13,16). The molecule has 0 radical (unpaired) electrons. The largest absolute Gasteiger partial charge is 0.399 e. The van der Waals surface area contributed by atoms with Crippen molar-refractivity contribution in [3.8, 4) is 0 Å². The summed E-state index contributed by atoms with van der Waals surface area (Å²) in [6.45, 7) is -0.0445. The van der Waals surface area contributed by atoms with E-state index in [1.54, 1.807) is 32.3 Å². The first-order valence-corrected chi connectivity index (χ1v) is 5.05. The van der Waals surface area contributed by atoms with Crippen molar-refractivity contribution in [1.82, 2.24) is 4.90 Å². The molecule has 0 saturated heterocycles. The second kappa shape index (κ2) is 5.20. The van der Waals surface area contributed by atoms with E-state index in [0.29, 0.717) is 16.9 Å². The van der Waals surface area contributed by atoms with Crippen LogP contribution in [-0.2, 0) is 4.79 Å². The van der Waals surface area contributed by atoms with E-state index in [0.717, 1.165) is 0 Å². The Morgan fingerprint density at radius 2 is 2.00 bits per heavy atom. The fourth-order valence-corrected chi connectivity index (χ4v) is 1.32. The van der Waals surface area contributed by atoms with E-state index in [-0.39, 0.29) is 12.5 Å². The number of carbonyl (C=O) groups excluding carboxylic acids is 2. The predicted molar refractivity (Wildman–Crippen MR) is 66.6 cm³/mol. The van der Waals surface area contributed by atoms with Crippen LogP contribution in [0.3, 0.4) is 0 Å². The number of hydrogen-bond donors (Lipinski definition) is 3. The molecule has 0 aliphatic rings. The van der Waals surface area contributed by atoms with Gasteiger partial charge in [-0.1, -0.05) is 0 Å². The van der Waals surface area contributed by atoms with Gasteiger partial charge in [-0.2, -0.15) is 0 Å². The number of carbonyl (C=O) groups is 2. The number of nitrogen functional groups attached to an aromatic ring is 1. The summed E-state index contributed by atoms with van der Waals surface area (Å²) in [5.74, 6) is -0.673. The zero-order chi connectivity index (χ0) is 13.0. The van der Waals surface area contributed by atoms with Crippen molar-refractivity contribution >= 4 is 23.2 Å². The summed E-state index contributed by atoms with van der Waals surface area (Å²) in [4.78, 5) is 24.0. The first-order chi connectivity index (χ1) is 7.91. The molecule has 0 bridgehead atoms. The number of nitrogens with one attached hydrogen (secondary N) is 1. The van der Waals surface area contributed by atoms with E-state index in [4.69, 9.17) is 11.5 Å². The molecule has 0 spiro atoms. The van der Waals surface area contributed by atoms with Crippen molar-refractivity contribution in [3.63, 3.8) is 0 Å².